The molecule has 0 aromatic carbocycles. The van der Waals surface area contributed by atoms with Crippen molar-refractivity contribution >= 4 is 11.9 Å². The number of aliphatic hydroxyl groups is 12. The molecule has 0 spiro atoms. The molecule has 0 rings (SSSR count). The van der Waals surface area contributed by atoms with Crippen molar-refractivity contribution in [1.82, 2.24) is 0 Å². The minimum atomic E-state index is -2.29. The molecule has 0 saturated carbocycles. The molecule has 16 nitrogen and oxygen atoms in total. The fourth-order valence-electron chi connectivity index (χ4n) is 1.74. The van der Waals surface area contributed by atoms with Crippen molar-refractivity contribution in [3.05, 3.63) is 0 Å². The van der Waals surface area contributed by atoms with Gasteiger partial charge >= 0.3 is 11.9 Å². The van der Waals surface area contributed by atoms with E-state index in [2.05, 4.69) is 0 Å². The van der Waals surface area contributed by atoms with Gasteiger partial charge in [-0.05, 0) is 0 Å². The number of carboxylic acids is 2. The van der Waals surface area contributed by atoms with Crippen LogP contribution in [0.15, 0.2) is 0 Å². The Hall–Kier alpha value is -1.54. The zero-order valence-electron chi connectivity index (χ0n) is 15.3. The Labute approximate surface area is 168 Å². The van der Waals surface area contributed by atoms with E-state index >= 15 is 0 Å². The highest BCUT2D eigenvalue weighted by atomic mass is 16.4. The summed E-state index contributed by atoms with van der Waals surface area (Å²) >= 11 is 0. The second kappa shape index (κ2) is 14.5. The minimum Gasteiger partial charge on any atom is -0.479 e. The van der Waals surface area contributed by atoms with Crippen LogP contribution in [-0.4, -0.2) is 158 Å². The summed E-state index contributed by atoms with van der Waals surface area (Å²) in [6.07, 6.45) is -20.5. The summed E-state index contributed by atoms with van der Waals surface area (Å²) in [6, 6.07) is 0. The van der Waals surface area contributed by atoms with Crippen molar-refractivity contribution in [2.75, 3.05) is 13.2 Å². The molecule has 180 valence electrons. The lowest BCUT2D eigenvalue weighted by Gasteiger charge is -2.26. The SMILES string of the molecule is O=C(O)[C@H](O)[C@H](O)[C@@H](O)[C@H](O)[C@H](O)CO.O=C(O)[C@H](O)[C@H](O)[C@@H](O)[C@H](O)[C@H](O)CO. The maximum absolute atomic E-state index is 10.2. The molecule has 0 amide bonds. The van der Waals surface area contributed by atoms with Gasteiger partial charge in [0.2, 0.25) is 0 Å². The van der Waals surface area contributed by atoms with E-state index in [1.54, 1.807) is 0 Å². The molecule has 16 heteroatoms. The first-order chi connectivity index (χ1) is 13.6. The molecule has 14 N–H and O–H groups in total. The maximum atomic E-state index is 10.2. The number of hydrogen-bond donors (Lipinski definition) is 14. The van der Waals surface area contributed by atoms with Crippen molar-refractivity contribution in [3.63, 3.8) is 0 Å². The third kappa shape index (κ3) is 9.51. The molecular formula is C14H28O16. The molecule has 0 unspecified atom stereocenters. The molecule has 0 bridgehead atoms. The molecule has 30 heavy (non-hydrogen) atoms. The maximum Gasteiger partial charge on any atom is 0.335 e. The largest absolute Gasteiger partial charge is 0.479 e. The second-order valence-corrected chi connectivity index (χ2v) is 6.01. The highest BCUT2D eigenvalue weighted by Crippen LogP contribution is 2.09. The molecule has 0 aliphatic carbocycles. The van der Waals surface area contributed by atoms with Gasteiger partial charge in [-0.25, -0.2) is 9.59 Å². The van der Waals surface area contributed by atoms with Crippen molar-refractivity contribution in [3.8, 4) is 0 Å². The molecule has 0 radical (unpaired) electrons. The molecule has 0 aromatic rings. The predicted octanol–water partition coefficient (Wildman–Crippen LogP) is -8.26. The molecule has 0 aliphatic heterocycles. The van der Waals surface area contributed by atoms with Crippen LogP contribution in [0.3, 0.4) is 0 Å². The second-order valence-electron chi connectivity index (χ2n) is 6.01. The van der Waals surface area contributed by atoms with Crippen LogP contribution in [0, 0.1) is 0 Å². The van der Waals surface area contributed by atoms with E-state index in [0.29, 0.717) is 0 Å². The van der Waals surface area contributed by atoms with Crippen LogP contribution in [0.4, 0.5) is 0 Å². The Morgan fingerprint density at radius 2 is 0.700 bits per heavy atom. The van der Waals surface area contributed by atoms with Crippen molar-refractivity contribution in [1.29, 1.82) is 0 Å². The van der Waals surface area contributed by atoms with Gasteiger partial charge in [-0.15, -0.1) is 0 Å². The van der Waals surface area contributed by atoms with E-state index < -0.39 is 86.2 Å². The number of hydrogen-bond acceptors (Lipinski definition) is 14. The molecule has 10 atom stereocenters. The zero-order chi connectivity index (χ0) is 24.3. The Morgan fingerprint density at radius 3 is 0.867 bits per heavy atom. The third-order valence-electron chi connectivity index (χ3n) is 3.72. The van der Waals surface area contributed by atoms with Gasteiger partial charge in [0, 0.05) is 0 Å². The molecular weight excluding hydrogens is 424 g/mol. The number of rotatable bonds is 12. The fraction of sp³-hybridized carbons (Fsp3) is 0.857. The molecule has 0 heterocycles. The van der Waals surface area contributed by atoms with E-state index in [1.807, 2.05) is 0 Å². The van der Waals surface area contributed by atoms with E-state index in [4.69, 9.17) is 71.5 Å². The Morgan fingerprint density at radius 1 is 0.467 bits per heavy atom. The summed E-state index contributed by atoms with van der Waals surface area (Å²) in [5.74, 6) is -3.57. The van der Waals surface area contributed by atoms with E-state index in [0.717, 1.165) is 0 Å². The highest BCUT2D eigenvalue weighted by molar-refractivity contribution is 5.73. The van der Waals surface area contributed by atoms with Gasteiger partial charge < -0.3 is 71.5 Å². The van der Waals surface area contributed by atoms with Crippen LogP contribution < -0.4 is 0 Å². The van der Waals surface area contributed by atoms with E-state index in [-0.39, 0.29) is 0 Å². The summed E-state index contributed by atoms with van der Waals surface area (Å²) in [5.41, 5.74) is 0. The first kappa shape index (κ1) is 30.7. The number of carboxylic acid groups (broad SMARTS) is 2. The first-order valence-electron chi connectivity index (χ1n) is 8.13. The summed E-state index contributed by atoms with van der Waals surface area (Å²) in [7, 11) is 0. The van der Waals surface area contributed by atoms with E-state index in [1.165, 1.54) is 0 Å². The van der Waals surface area contributed by atoms with Gasteiger partial charge in [0.1, 0.15) is 48.8 Å². The van der Waals surface area contributed by atoms with Crippen molar-refractivity contribution < 1.29 is 81.1 Å². The van der Waals surface area contributed by atoms with Crippen LogP contribution >= 0.6 is 0 Å². The third-order valence-corrected chi connectivity index (χ3v) is 3.72. The van der Waals surface area contributed by atoms with Gasteiger partial charge in [0.25, 0.3) is 0 Å². The monoisotopic (exact) mass is 452 g/mol. The van der Waals surface area contributed by atoms with Gasteiger partial charge in [-0.3, -0.25) is 0 Å². The topological polar surface area (TPSA) is 317 Å². The fourth-order valence-corrected chi connectivity index (χ4v) is 1.74. The zero-order valence-corrected chi connectivity index (χ0v) is 15.3. The summed E-state index contributed by atoms with van der Waals surface area (Å²) in [4.78, 5) is 20.4. The Bertz CT molecular complexity index is 458. The summed E-state index contributed by atoms with van der Waals surface area (Å²) < 4.78 is 0. The highest BCUT2D eigenvalue weighted by Gasteiger charge is 2.37. The summed E-state index contributed by atoms with van der Waals surface area (Å²) in [5, 5.41) is 123. The van der Waals surface area contributed by atoms with Gasteiger partial charge in [-0.1, -0.05) is 0 Å². The Kier molecular flexibility index (Phi) is 14.8. The summed E-state index contributed by atoms with van der Waals surface area (Å²) in [6.45, 7) is -1.76. The van der Waals surface area contributed by atoms with Crippen LogP contribution in [-0.2, 0) is 9.59 Å². The van der Waals surface area contributed by atoms with Crippen LogP contribution in [0.25, 0.3) is 0 Å². The number of aliphatic hydroxyl groups excluding tert-OH is 12. The Balaban J connectivity index is 0. The molecule has 0 aliphatic rings. The lowest BCUT2D eigenvalue weighted by molar-refractivity contribution is -0.170. The lowest BCUT2D eigenvalue weighted by atomic mass is 9.99. The van der Waals surface area contributed by atoms with Crippen molar-refractivity contribution in [2.24, 2.45) is 0 Å². The molecule has 0 saturated heterocycles. The van der Waals surface area contributed by atoms with Gasteiger partial charge in [-0.2, -0.15) is 0 Å². The normalized spacial score (nSPS) is 21.5. The van der Waals surface area contributed by atoms with Crippen LogP contribution in [0.1, 0.15) is 0 Å². The quantitative estimate of drug-likeness (QED) is 0.131. The van der Waals surface area contributed by atoms with Gasteiger partial charge in [0.05, 0.1) is 13.2 Å². The average Bonchev–Trinajstić information content (AvgIpc) is 2.73. The first-order valence-corrected chi connectivity index (χ1v) is 8.13. The molecule has 0 aromatic heterocycles. The van der Waals surface area contributed by atoms with E-state index in [9.17, 15) is 9.59 Å². The van der Waals surface area contributed by atoms with Crippen molar-refractivity contribution in [2.45, 2.75) is 61.0 Å². The number of carbonyl (C=O) groups is 2. The lowest BCUT2D eigenvalue weighted by Crippen LogP contribution is -2.51. The standard InChI is InChI=1S/2C7H14O8/c2*8-1-2(9)3(10)4(11)5(12)6(13)7(14)15/h2*2-6,8-13H,1H2,(H,14,15)/t2*2-,3-,4+,5-,6-/m11/s1. The smallest absolute Gasteiger partial charge is 0.335 e. The average molecular weight is 452 g/mol. The minimum absolute atomic E-state index is 0.881. The molecule has 0 fully saturated rings. The van der Waals surface area contributed by atoms with Crippen LogP contribution in [0.5, 0.6) is 0 Å². The predicted molar refractivity (Wildman–Crippen MR) is 89.5 cm³/mol. The van der Waals surface area contributed by atoms with Crippen LogP contribution in [0.2, 0.25) is 0 Å². The number of aliphatic carboxylic acids is 2. The van der Waals surface area contributed by atoms with Gasteiger partial charge in [0.15, 0.2) is 12.2 Å².